The highest BCUT2D eigenvalue weighted by Gasteiger charge is 2.33. The average Bonchev–Trinajstić information content (AvgIpc) is 2.07. The maximum atomic E-state index is 10.8. The molecule has 1 aromatic carbocycles. The number of hydrogen-bond acceptors (Lipinski definition) is 3. The van der Waals surface area contributed by atoms with E-state index in [-0.39, 0.29) is 11.3 Å². The molecule has 4 heteroatoms. The van der Waals surface area contributed by atoms with E-state index in [2.05, 4.69) is 4.84 Å². The van der Waals surface area contributed by atoms with Gasteiger partial charge < -0.3 is 0 Å². The maximum Gasteiger partial charge on any atom is 0.495 e. The summed E-state index contributed by atoms with van der Waals surface area (Å²) in [5.41, 5.74) is 0.759. The number of amides is 1. The summed E-state index contributed by atoms with van der Waals surface area (Å²) in [5, 5.41) is 0. The molecule has 0 saturated carbocycles. The number of benzene rings is 1. The molecule has 1 aromatic rings. The summed E-state index contributed by atoms with van der Waals surface area (Å²) in [6.07, 6.45) is 0.125. The molecule has 1 amide bonds. The van der Waals surface area contributed by atoms with E-state index in [0.29, 0.717) is 5.75 Å². The molecule has 4 nitrogen and oxygen atoms in total. The Morgan fingerprint density at radius 1 is 1.33 bits per heavy atom. The Kier molecular flexibility index (Phi) is 1.40. The van der Waals surface area contributed by atoms with Crippen LogP contribution >= 0.6 is 0 Å². The molecule has 12 heavy (non-hydrogen) atoms. The van der Waals surface area contributed by atoms with Crippen LogP contribution in [0, 0.1) is 4.91 Å². The molecule has 0 spiro atoms. The van der Waals surface area contributed by atoms with Crippen LogP contribution in [0.4, 0.5) is 0 Å². The predicted molar refractivity (Wildman–Crippen MR) is 39.4 cm³/mol. The second-order valence-corrected chi connectivity index (χ2v) is 2.53. The molecule has 0 unspecified atom stereocenters. The van der Waals surface area contributed by atoms with Gasteiger partial charge in [0.05, 0.1) is 4.91 Å². The molecular weight excluding hydrogens is 158 g/mol. The molecule has 0 saturated heterocycles. The van der Waals surface area contributed by atoms with Crippen molar-refractivity contribution < 1.29 is 14.6 Å². The topological polar surface area (TPSA) is 46.4 Å². The first-order valence-corrected chi connectivity index (χ1v) is 3.53. The monoisotopic (exact) mass is 164 g/mol. The van der Waals surface area contributed by atoms with Crippen molar-refractivity contribution in [3.05, 3.63) is 34.7 Å². The van der Waals surface area contributed by atoms with Gasteiger partial charge >= 0.3 is 10.8 Å². The van der Waals surface area contributed by atoms with Gasteiger partial charge in [0.25, 0.3) is 0 Å². The highest BCUT2D eigenvalue weighted by molar-refractivity contribution is 5.72. The van der Waals surface area contributed by atoms with E-state index >= 15 is 0 Å². The Morgan fingerprint density at radius 3 is 2.92 bits per heavy atom. The number of rotatable bonds is 0. The van der Waals surface area contributed by atoms with Crippen molar-refractivity contribution in [2.24, 2.45) is 0 Å². The lowest BCUT2D eigenvalue weighted by molar-refractivity contribution is -0.693. The number of nitrogens with zero attached hydrogens (tertiary/aromatic N) is 1. The Labute approximate surface area is 68.3 Å². The van der Waals surface area contributed by atoms with Gasteiger partial charge in [-0.1, -0.05) is 18.2 Å². The van der Waals surface area contributed by atoms with E-state index in [9.17, 15) is 9.70 Å². The summed E-state index contributed by atoms with van der Waals surface area (Å²) in [4.78, 5) is 26.2. The van der Waals surface area contributed by atoms with E-state index < -0.39 is 5.91 Å². The van der Waals surface area contributed by atoms with Crippen LogP contribution in [0.1, 0.15) is 5.56 Å². The van der Waals surface area contributed by atoms with Gasteiger partial charge in [0.15, 0.2) is 0 Å². The van der Waals surface area contributed by atoms with Gasteiger partial charge in [-0.2, -0.15) is 4.84 Å². The van der Waals surface area contributed by atoms with E-state index in [4.69, 9.17) is 0 Å². The Morgan fingerprint density at radius 2 is 2.08 bits per heavy atom. The van der Waals surface area contributed by atoms with Gasteiger partial charge in [-0.25, -0.2) is 4.79 Å². The smallest absolute Gasteiger partial charge is 0.208 e. The van der Waals surface area contributed by atoms with Crippen molar-refractivity contribution in [2.45, 2.75) is 6.42 Å². The van der Waals surface area contributed by atoms with Crippen molar-refractivity contribution in [3.8, 4) is 5.75 Å². The van der Waals surface area contributed by atoms with Gasteiger partial charge in [-0.05, 0) is 6.07 Å². The van der Waals surface area contributed by atoms with E-state index in [1.165, 1.54) is 0 Å². The second kappa shape index (κ2) is 2.41. The van der Waals surface area contributed by atoms with Crippen LogP contribution in [-0.2, 0) is 11.2 Å². The van der Waals surface area contributed by atoms with Gasteiger partial charge in [-0.3, -0.25) is 0 Å². The predicted octanol–water partition coefficient (Wildman–Crippen LogP) is 0.842. The van der Waals surface area contributed by atoms with Crippen molar-refractivity contribution in [3.63, 3.8) is 0 Å². The number of para-hydroxylation sites is 1. The summed E-state index contributed by atoms with van der Waals surface area (Å²) >= 11 is 0. The van der Waals surface area contributed by atoms with Crippen LogP contribution in [0.2, 0.25) is 0 Å². The summed E-state index contributed by atoms with van der Waals surface area (Å²) < 4.78 is 0. The third-order valence-corrected chi connectivity index (χ3v) is 1.70. The Bertz CT molecular complexity index is 324. The molecular formula is C8H6NO3+. The molecule has 0 radical (unpaired) electrons. The van der Waals surface area contributed by atoms with Crippen LogP contribution in [0.5, 0.6) is 5.75 Å². The van der Waals surface area contributed by atoms with Gasteiger partial charge in [0.1, 0.15) is 6.42 Å². The molecule has 0 bridgehead atoms. The quantitative estimate of drug-likeness (QED) is 0.570. The van der Waals surface area contributed by atoms with Crippen LogP contribution in [0.3, 0.4) is 0 Å². The minimum absolute atomic E-state index is 0.0162. The maximum absolute atomic E-state index is 10.8. The fourth-order valence-electron chi connectivity index (χ4n) is 1.11. The lowest BCUT2D eigenvalue weighted by Gasteiger charge is -2.04. The SMILES string of the molecule is O=C1Cc2ccccc2O[N+]1=O. The average molecular weight is 164 g/mol. The van der Waals surface area contributed by atoms with Crippen molar-refractivity contribution >= 4 is 5.91 Å². The Hall–Kier alpha value is -1.71. The minimum atomic E-state index is -0.561. The summed E-state index contributed by atoms with van der Waals surface area (Å²) in [7, 11) is 0. The second-order valence-electron chi connectivity index (χ2n) is 2.53. The molecule has 1 heterocycles. The lowest BCUT2D eigenvalue weighted by atomic mass is 10.1. The minimum Gasteiger partial charge on any atom is -0.208 e. The van der Waals surface area contributed by atoms with Crippen LogP contribution < -0.4 is 4.84 Å². The number of carbonyl (C=O) groups excluding carboxylic acids is 1. The standard InChI is InChI=1S/C8H6NO3/c10-8-5-6-3-1-2-4-7(6)12-9(8)11/h1-4H,5H2/q+1. The molecule has 0 atom stereocenters. The van der Waals surface area contributed by atoms with Crippen LogP contribution in [0.25, 0.3) is 0 Å². The van der Waals surface area contributed by atoms with E-state index in [1.54, 1.807) is 24.3 Å². The van der Waals surface area contributed by atoms with Crippen molar-refractivity contribution in [1.82, 2.24) is 0 Å². The third-order valence-electron chi connectivity index (χ3n) is 1.70. The number of carbonyl (C=O) groups is 1. The van der Waals surface area contributed by atoms with Crippen molar-refractivity contribution in [2.75, 3.05) is 0 Å². The first-order valence-electron chi connectivity index (χ1n) is 3.53. The molecule has 0 N–H and O–H groups in total. The third kappa shape index (κ3) is 0.972. The van der Waals surface area contributed by atoms with Gasteiger partial charge in [0.2, 0.25) is 5.75 Å². The van der Waals surface area contributed by atoms with Crippen molar-refractivity contribution in [1.29, 1.82) is 0 Å². The number of fused-ring (bicyclic) bond motifs is 1. The Balaban J connectivity index is 2.47. The first kappa shape index (κ1) is 6.97. The molecule has 0 fully saturated rings. The highest BCUT2D eigenvalue weighted by Crippen LogP contribution is 2.22. The molecule has 2 rings (SSSR count). The fourth-order valence-corrected chi connectivity index (χ4v) is 1.11. The molecule has 0 aliphatic carbocycles. The van der Waals surface area contributed by atoms with Gasteiger partial charge in [-0.15, -0.1) is 0 Å². The largest absolute Gasteiger partial charge is 0.495 e. The normalized spacial score (nSPS) is 15.3. The highest BCUT2D eigenvalue weighted by atomic mass is 16.8. The molecule has 1 aliphatic heterocycles. The zero-order chi connectivity index (χ0) is 8.55. The summed E-state index contributed by atoms with van der Waals surface area (Å²) in [6, 6.07) is 6.98. The fraction of sp³-hybridized carbons (Fsp3) is 0.125. The molecule has 1 aliphatic rings. The molecule has 60 valence electrons. The van der Waals surface area contributed by atoms with Crippen LogP contribution in [0.15, 0.2) is 24.3 Å². The summed E-state index contributed by atoms with van der Waals surface area (Å²) in [5.74, 6) is -0.0965. The van der Waals surface area contributed by atoms with Crippen LogP contribution in [-0.4, -0.2) is 10.8 Å². The number of hydrogen-bond donors (Lipinski definition) is 0. The molecule has 0 aromatic heterocycles. The van der Waals surface area contributed by atoms with E-state index in [0.717, 1.165) is 5.56 Å². The zero-order valence-corrected chi connectivity index (χ0v) is 6.19. The van der Waals surface area contributed by atoms with Gasteiger partial charge in [0, 0.05) is 5.56 Å². The zero-order valence-electron chi connectivity index (χ0n) is 6.19. The summed E-state index contributed by atoms with van der Waals surface area (Å²) in [6.45, 7) is 0. The van der Waals surface area contributed by atoms with E-state index in [1.807, 2.05) is 0 Å². The lowest BCUT2D eigenvalue weighted by Crippen LogP contribution is -2.28. The first-order chi connectivity index (χ1) is 5.77.